The minimum Gasteiger partial charge on any atom is -0.381 e. The zero-order chi connectivity index (χ0) is 10.5. The molecule has 0 fully saturated rings. The lowest BCUT2D eigenvalue weighted by Crippen LogP contribution is -1.95. The first-order valence-corrected chi connectivity index (χ1v) is 6.04. The number of H-pyrrole nitrogens is 1. The lowest BCUT2D eigenvalue weighted by atomic mass is 10.3. The molecule has 0 aliphatic carbocycles. The zero-order valence-electron chi connectivity index (χ0n) is 8.69. The normalized spacial score (nSPS) is 11.0. The third-order valence-corrected chi connectivity index (χ3v) is 2.88. The van der Waals surface area contributed by atoms with Gasteiger partial charge in [-0.15, -0.1) is 0 Å². The summed E-state index contributed by atoms with van der Waals surface area (Å²) in [6.07, 6.45) is 0. The Bertz CT molecular complexity index is 394. The Morgan fingerprint density at radius 2 is 2.27 bits per heavy atom. The molecule has 2 aromatic rings. The van der Waals surface area contributed by atoms with E-state index in [2.05, 4.69) is 9.97 Å². The largest absolute Gasteiger partial charge is 0.381 e. The molecule has 0 spiro atoms. The number of nitrogens with one attached hydrogen (secondary N) is 1. The number of rotatable bonds is 5. The molecule has 1 heterocycles. The summed E-state index contributed by atoms with van der Waals surface area (Å²) in [6, 6.07) is 8.06. The molecule has 80 valence electrons. The Labute approximate surface area is 93.2 Å². The molecule has 1 aromatic carbocycles. The van der Waals surface area contributed by atoms with Gasteiger partial charge in [-0.05, 0) is 19.1 Å². The van der Waals surface area contributed by atoms with E-state index in [1.165, 1.54) is 0 Å². The van der Waals surface area contributed by atoms with E-state index >= 15 is 0 Å². The van der Waals surface area contributed by atoms with Crippen molar-refractivity contribution < 1.29 is 4.74 Å². The number of hydrogen-bond donors (Lipinski definition) is 1. The van der Waals surface area contributed by atoms with Crippen molar-refractivity contribution in [2.45, 2.75) is 12.1 Å². The fraction of sp³-hybridized carbons (Fsp3) is 0.364. The molecule has 15 heavy (non-hydrogen) atoms. The molecule has 0 aliphatic heterocycles. The van der Waals surface area contributed by atoms with Crippen LogP contribution >= 0.6 is 11.8 Å². The number of hydrogen-bond acceptors (Lipinski definition) is 3. The summed E-state index contributed by atoms with van der Waals surface area (Å²) >= 11 is 1.69. The molecule has 0 saturated carbocycles. The Balaban J connectivity index is 1.97. The predicted molar refractivity (Wildman–Crippen MR) is 63.3 cm³/mol. The van der Waals surface area contributed by atoms with E-state index < -0.39 is 0 Å². The van der Waals surface area contributed by atoms with Crippen LogP contribution in [0, 0.1) is 0 Å². The predicted octanol–water partition coefficient (Wildman–Crippen LogP) is 2.69. The molecule has 0 saturated heterocycles. The van der Waals surface area contributed by atoms with Crippen molar-refractivity contribution >= 4 is 22.8 Å². The number of aromatic nitrogens is 2. The number of para-hydroxylation sites is 2. The second-order valence-corrected chi connectivity index (χ2v) is 4.19. The minimum atomic E-state index is 0.776. The van der Waals surface area contributed by atoms with Crippen molar-refractivity contribution in [3.05, 3.63) is 24.3 Å². The van der Waals surface area contributed by atoms with Gasteiger partial charge in [-0.1, -0.05) is 23.9 Å². The van der Waals surface area contributed by atoms with Crippen molar-refractivity contribution in [2.24, 2.45) is 0 Å². The number of benzene rings is 1. The van der Waals surface area contributed by atoms with Gasteiger partial charge < -0.3 is 9.72 Å². The quantitative estimate of drug-likeness (QED) is 0.624. The number of aromatic amines is 1. The Hall–Kier alpha value is -1.00. The summed E-state index contributed by atoms with van der Waals surface area (Å²) in [5.41, 5.74) is 2.12. The molecule has 1 N–H and O–H groups in total. The van der Waals surface area contributed by atoms with Crippen molar-refractivity contribution in [3.8, 4) is 0 Å². The van der Waals surface area contributed by atoms with Gasteiger partial charge in [0.25, 0.3) is 0 Å². The average Bonchev–Trinajstić information content (AvgIpc) is 2.67. The SMILES string of the molecule is CCOCCSc1nc2ccccc2[nH]1. The van der Waals surface area contributed by atoms with Crippen molar-refractivity contribution in [2.75, 3.05) is 19.0 Å². The lowest BCUT2D eigenvalue weighted by Gasteiger charge is -1.97. The lowest BCUT2D eigenvalue weighted by molar-refractivity contribution is 0.164. The van der Waals surface area contributed by atoms with E-state index in [0.717, 1.165) is 35.2 Å². The highest BCUT2D eigenvalue weighted by Gasteiger charge is 2.01. The zero-order valence-corrected chi connectivity index (χ0v) is 9.51. The number of imidazole rings is 1. The highest BCUT2D eigenvalue weighted by Crippen LogP contribution is 2.18. The molecule has 2 rings (SSSR count). The van der Waals surface area contributed by atoms with Gasteiger partial charge in [0.05, 0.1) is 17.6 Å². The Morgan fingerprint density at radius 1 is 1.40 bits per heavy atom. The van der Waals surface area contributed by atoms with Gasteiger partial charge in [0, 0.05) is 12.4 Å². The van der Waals surface area contributed by atoms with Crippen molar-refractivity contribution in [1.29, 1.82) is 0 Å². The van der Waals surface area contributed by atoms with E-state index in [1.807, 2.05) is 31.2 Å². The monoisotopic (exact) mass is 222 g/mol. The Morgan fingerprint density at radius 3 is 3.07 bits per heavy atom. The number of nitrogens with zero attached hydrogens (tertiary/aromatic N) is 1. The third-order valence-electron chi connectivity index (χ3n) is 2.04. The van der Waals surface area contributed by atoms with Crippen LogP contribution in [0.2, 0.25) is 0 Å². The third kappa shape index (κ3) is 2.73. The summed E-state index contributed by atoms with van der Waals surface area (Å²) in [5, 5.41) is 0.968. The molecule has 3 nitrogen and oxygen atoms in total. The maximum absolute atomic E-state index is 5.27. The molecular formula is C11H14N2OS. The van der Waals surface area contributed by atoms with Crippen LogP contribution in [-0.4, -0.2) is 28.9 Å². The Kier molecular flexibility index (Phi) is 3.64. The molecule has 0 unspecified atom stereocenters. The topological polar surface area (TPSA) is 37.9 Å². The van der Waals surface area contributed by atoms with Crippen LogP contribution < -0.4 is 0 Å². The summed E-state index contributed by atoms with van der Waals surface area (Å²) in [6.45, 7) is 3.56. The number of fused-ring (bicyclic) bond motifs is 1. The van der Waals surface area contributed by atoms with Crippen molar-refractivity contribution in [1.82, 2.24) is 9.97 Å². The van der Waals surface area contributed by atoms with Crippen LogP contribution in [0.1, 0.15) is 6.92 Å². The van der Waals surface area contributed by atoms with Crippen LogP contribution in [0.3, 0.4) is 0 Å². The molecule has 0 bridgehead atoms. The first-order valence-electron chi connectivity index (χ1n) is 5.05. The van der Waals surface area contributed by atoms with Crippen LogP contribution in [-0.2, 0) is 4.74 Å². The van der Waals surface area contributed by atoms with E-state index in [9.17, 15) is 0 Å². The van der Waals surface area contributed by atoms with E-state index in [-0.39, 0.29) is 0 Å². The highest BCUT2D eigenvalue weighted by atomic mass is 32.2. The van der Waals surface area contributed by atoms with Crippen LogP contribution in [0.25, 0.3) is 11.0 Å². The maximum Gasteiger partial charge on any atom is 0.166 e. The van der Waals surface area contributed by atoms with Crippen LogP contribution in [0.4, 0.5) is 0 Å². The van der Waals surface area contributed by atoms with E-state index in [1.54, 1.807) is 11.8 Å². The highest BCUT2D eigenvalue weighted by molar-refractivity contribution is 7.99. The van der Waals surface area contributed by atoms with Gasteiger partial charge in [0.15, 0.2) is 5.16 Å². The fourth-order valence-electron chi connectivity index (χ4n) is 1.34. The number of thioether (sulfide) groups is 1. The van der Waals surface area contributed by atoms with E-state index in [4.69, 9.17) is 4.74 Å². The van der Waals surface area contributed by atoms with Crippen molar-refractivity contribution in [3.63, 3.8) is 0 Å². The van der Waals surface area contributed by atoms with Gasteiger partial charge in [-0.3, -0.25) is 0 Å². The first-order chi connectivity index (χ1) is 7.40. The second kappa shape index (κ2) is 5.19. The molecular weight excluding hydrogens is 208 g/mol. The molecule has 0 radical (unpaired) electrons. The average molecular weight is 222 g/mol. The van der Waals surface area contributed by atoms with Gasteiger partial charge in [0.2, 0.25) is 0 Å². The summed E-state index contributed by atoms with van der Waals surface area (Å²) in [5.74, 6) is 0.938. The second-order valence-electron chi connectivity index (χ2n) is 3.10. The van der Waals surface area contributed by atoms with Crippen LogP contribution in [0.5, 0.6) is 0 Å². The first kappa shape index (κ1) is 10.5. The fourth-order valence-corrected chi connectivity index (χ4v) is 2.08. The summed E-state index contributed by atoms with van der Waals surface area (Å²) in [7, 11) is 0. The molecule has 1 aromatic heterocycles. The minimum absolute atomic E-state index is 0.776. The van der Waals surface area contributed by atoms with Gasteiger partial charge >= 0.3 is 0 Å². The maximum atomic E-state index is 5.27. The van der Waals surface area contributed by atoms with E-state index in [0.29, 0.717) is 0 Å². The molecule has 0 atom stereocenters. The van der Waals surface area contributed by atoms with Gasteiger partial charge in [-0.2, -0.15) is 0 Å². The summed E-state index contributed by atoms with van der Waals surface area (Å²) < 4.78 is 5.27. The van der Waals surface area contributed by atoms with Gasteiger partial charge in [0.1, 0.15) is 0 Å². The number of ether oxygens (including phenoxy) is 1. The van der Waals surface area contributed by atoms with Gasteiger partial charge in [-0.25, -0.2) is 4.98 Å². The smallest absolute Gasteiger partial charge is 0.166 e. The standard InChI is InChI=1S/C11H14N2OS/c1-2-14-7-8-15-11-12-9-5-3-4-6-10(9)13-11/h3-6H,2,7-8H2,1H3,(H,12,13). The van der Waals surface area contributed by atoms with Crippen LogP contribution in [0.15, 0.2) is 29.4 Å². The molecule has 0 aliphatic rings. The summed E-state index contributed by atoms with van der Waals surface area (Å²) in [4.78, 5) is 7.73. The molecule has 0 amide bonds. The molecule has 4 heteroatoms.